The van der Waals surface area contributed by atoms with Gasteiger partial charge in [-0.15, -0.1) is 0 Å². The van der Waals surface area contributed by atoms with Crippen molar-refractivity contribution in [1.29, 1.82) is 0 Å². The maximum Gasteiger partial charge on any atom is 0.171 e. The van der Waals surface area contributed by atoms with Crippen molar-refractivity contribution in [2.75, 3.05) is 31.2 Å². The van der Waals surface area contributed by atoms with E-state index >= 15 is 0 Å². The Hall–Kier alpha value is -0.910. The van der Waals surface area contributed by atoms with Crippen LogP contribution in [0.1, 0.15) is 12.8 Å². The third-order valence-electron chi connectivity index (χ3n) is 3.49. The first kappa shape index (κ1) is 12.1. The van der Waals surface area contributed by atoms with Gasteiger partial charge < -0.3 is 14.4 Å². The first-order chi connectivity index (χ1) is 8.69. The van der Waals surface area contributed by atoms with Crippen LogP contribution < -0.4 is 4.90 Å². The summed E-state index contributed by atoms with van der Waals surface area (Å²) in [6.45, 7) is 2.86. The van der Waals surface area contributed by atoms with E-state index in [2.05, 4.69) is 9.88 Å². The number of halogens is 2. The Kier molecular flexibility index (Phi) is 3.13. The molecule has 4 nitrogen and oxygen atoms in total. The molecule has 2 aliphatic rings. The van der Waals surface area contributed by atoms with Crippen LogP contribution in [0.2, 0.25) is 5.15 Å². The van der Waals surface area contributed by atoms with Crippen LogP contribution in [0.15, 0.2) is 12.3 Å². The number of pyridine rings is 1. The largest absolute Gasteiger partial charge is 0.370 e. The van der Waals surface area contributed by atoms with Crippen LogP contribution in [0.25, 0.3) is 0 Å². The minimum Gasteiger partial charge on any atom is -0.370 e. The summed E-state index contributed by atoms with van der Waals surface area (Å²) in [5, 5.41) is -0.0883. The monoisotopic (exact) mass is 272 g/mol. The first-order valence-electron chi connectivity index (χ1n) is 6.02. The van der Waals surface area contributed by atoms with Crippen molar-refractivity contribution in [3.63, 3.8) is 0 Å². The van der Waals surface area contributed by atoms with E-state index in [0.717, 1.165) is 31.6 Å². The van der Waals surface area contributed by atoms with E-state index in [-0.39, 0.29) is 5.15 Å². The third kappa shape index (κ3) is 2.18. The predicted molar refractivity (Wildman–Crippen MR) is 65.3 cm³/mol. The zero-order chi connectivity index (χ0) is 12.6. The van der Waals surface area contributed by atoms with Gasteiger partial charge in [0.05, 0.1) is 25.1 Å². The molecule has 6 heteroatoms. The molecule has 1 aromatic rings. The van der Waals surface area contributed by atoms with E-state index in [4.69, 9.17) is 21.1 Å². The summed E-state index contributed by atoms with van der Waals surface area (Å²) in [6, 6.07) is 1.42. The number of hydrogen-bond donors (Lipinski definition) is 0. The minimum absolute atomic E-state index is 0.0883. The summed E-state index contributed by atoms with van der Waals surface area (Å²) in [5.74, 6) is -0.891. The maximum atomic E-state index is 13.4. The average molecular weight is 273 g/mol. The zero-order valence-electron chi connectivity index (χ0n) is 9.86. The summed E-state index contributed by atoms with van der Waals surface area (Å²) < 4.78 is 24.7. The Balaban J connectivity index is 1.70. The molecule has 0 bridgehead atoms. The van der Waals surface area contributed by atoms with Gasteiger partial charge in [-0.25, -0.2) is 9.37 Å². The highest BCUT2D eigenvalue weighted by molar-refractivity contribution is 6.29. The number of piperidine rings is 1. The van der Waals surface area contributed by atoms with Gasteiger partial charge in [0.2, 0.25) is 0 Å². The SMILES string of the molecule is Fc1cc(N2CCC3(CC2)OCCO3)cnc1Cl. The van der Waals surface area contributed by atoms with E-state index in [1.807, 2.05) is 0 Å². The van der Waals surface area contributed by atoms with Gasteiger partial charge in [-0.2, -0.15) is 0 Å². The molecule has 1 spiro atoms. The van der Waals surface area contributed by atoms with E-state index in [1.165, 1.54) is 6.07 Å². The zero-order valence-corrected chi connectivity index (χ0v) is 10.6. The maximum absolute atomic E-state index is 13.4. The lowest BCUT2D eigenvalue weighted by Crippen LogP contribution is -2.45. The Bertz CT molecular complexity index is 442. The van der Waals surface area contributed by atoms with Crippen molar-refractivity contribution in [3.05, 3.63) is 23.2 Å². The summed E-state index contributed by atoms with van der Waals surface area (Å²) in [6.07, 6.45) is 3.17. The van der Waals surface area contributed by atoms with E-state index in [9.17, 15) is 4.39 Å². The number of rotatable bonds is 1. The quantitative estimate of drug-likeness (QED) is 0.734. The van der Waals surface area contributed by atoms with Gasteiger partial charge in [-0.1, -0.05) is 11.6 Å². The average Bonchev–Trinajstić information content (AvgIpc) is 2.82. The lowest BCUT2D eigenvalue weighted by molar-refractivity contribution is -0.169. The fraction of sp³-hybridized carbons (Fsp3) is 0.583. The van der Waals surface area contributed by atoms with Gasteiger partial charge in [0.15, 0.2) is 16.8 Å². The van der Waals surface area contributed by atoms with Crippen molar-refractivity contribution >= 4 is 17.3 Å². The molecule has 2 aliphatic heterocycles. The molecule has 0 radical (unpaired) electrons. The van der Waals surface area contributed by atoms with Crippen LogP contribution in [-0.4, -0.2) is 37.1 Å². The van der Waals surface area contributed by atoms with Crippen molar-refractivity contribution in [2.24, 2.45) is 0 Å². The topological polar surface area (TPSA) is 34.6 Å². The van der Waals surface area contributed by atoms with Crippen molar-refractivity contribution < 1.29 is 13.9 Å². The van der Waals surface area contributed by atoms with Crippen LogP contribution in [-0.2, 0) is 9.47 Å². The predicted octanol–water partition coefficient (Wildman–Crippen LogP) is 2.22. The second-order valence-corrected chi connectivity index (χ2v) is 4.92. The van der Waals surface area contributed by atoms with Gasteiger partial charge >= 0.3 is 0 Å². The number of ether oxygens (including phenoxy) is 2. The number of nitrogens with zero attached hydrogens (tertiary/aromatic N) is 2. The van der Waals surface area contributed by atoms with Gasteiger partial charge in [-0.05, 0) is 0 Å². The first-order valence-corrected chi connectivity index (χ1v) is 6.40. The molecule has 0 saturated carbocycles. The molecule has 0 aromatic carbocycles. The highest BCUT2D eigenvalue weighted by atomic mass is 35.5. The molecular weight excluding hydrogens is 259 g/mol. The Labute approximate surface area is 110 Å². The third-order valence-corrected chi connectivity index (χ3v) is 3.76. The van der Waals surface area contributed by atoms with Gasteiger partial charge in [-0.3, -0.25) is 0 Å². The highest BCUT2D eigenvalue weighted by Crippen LogP contribution is 2.33. The normalized spacial score (nSPS) is 22.7. The van der Waals surface area contributed by atoms with Crippen molar-refractivity contribution in [2.45, 2.75) is 18.6 Å². The molecule has 0 atom stereocenters. The molecule has 0 aliphatic carbocycles. The molecule has 2 saturated heterocycles. The standard InChI is InChI=1S/C12H14ClFN2O2/c13-11-10(14)7-9(8-15-11)16-3-1-12(2-4-16)17-5-6-18-12/h7-8H,1-6H2. The van der Waals surface area contributed by atoms with Crippen molar-refractivity contribution in [1.82, 2.24) is 4.98 Å². The van der Waals surface area contributed by atoms with E-state index in [0.29, 0.717) is 13.2 Å². The Morgan fingerprint density at radius 1 is 1.28 bits per heavy atom. The second kappa shape index (κ2) is 4.64. The molecule has 2 fully saturated rings. The molecule has 3 rings (SSSR count). The summed E-state index contributed by atoms with van der Waals surface area (Å²) >= 11 is 5.57. The molecule has 1 aromatic heterocycles. The van der Waals surface area contributed by atoms with Crippen LogP contribution in [0, 0.1) is 5.82 Å². The highest BCUT2D eigenvalue weighted by Gasteiger charge is 2.39. The summed E-state index contributed by atoms with van der Waals surface area (Å²) in [5.41, 5.74) is 0.754. The number of anilines is 1. The molecule has 0 N–H and O–H groups in total. The molecule has 0 amide bonds. The molecule has 18 heavy (non-hydrogen) atoms. The lowest BCUT2D eigenvalue weighted by atomic mass is 10.0. The molecule has 0 unspecified atom stereocenters. The number of hydrogen-bond acceptors (Lipinski definition) is 4. The Morgan fingerprint density at radius 2 is 1.94 bits per heavy atom. The van der Waals surface area contributed by atoms with Gasteiger partial charge in [0.25, 0.3) is 0 Å². The molecule has 98 valence electrons. The van der Waals surface area contributed by atoms with Crippen LogP contribution >= 0.6 is 11.6 Å². The Morgan fingerprint density at radius 3 is 2.56 bits per heavy atom. The molecule has 3 heterocycles. The minimum atomic E-state index is -0.484. The summed E-state index contributed by atoms with van der Waals surface area (Å²) in [7, 11) is 0. The second-order valence-electron chi connectivity index (χ2n) is 4.56. The summed E-state index contributed by atoms with van der Waals surface area (Å²) in [4.78, 5) is 5.90. The fourth-order valence-corrected chi connectivity index (χ4v) is 2.58. The van der Waals surface area contributed by atoms with Crippen LogP contribution in [0.5, 0.6) is 0 Å². The van der Waals surface area contributed by atoms with Gasteiger partial charge in [0, 0.05) is 32.0 Å². The van der Waals surface area contributed by atoms with E-state index in [1.54, 1.807) is 6.20 Å². The molecular formula is C12H14ClFN2O2. The lowest BCUT2D eigenvalue weighted by Gasteiger charge is -2.38. The number of aromatic nitrogens is 1. The van der Waals surface area contributed by atoms with Gasteiger partial charge in [0.1, 0.15) is 0 Å². The van der Waals surface area contributed by atoms with Crippen molar-refractivity contribution in [3.8, 4) is 0 Å². The fourth-order valence-electron chi connectivity index (χ4n) is 2.48. The van der Waals surface area contributed by atoms with E-state index < -0.39 is 11.6 Å². The smallest absolute Gasteiger partial charge is 0.171 e. The van der Waals surface area contributed by atoms with Crippen LogP contribution in [0.3, 0.4) is 0 Å². The van der Waals surface area contributed by atoms with Crippen LogP contribution in [0.4, 0.5) is 10.1 Å².